The minimum Gasteiger partial charge on any atom is -0.778 e. The summed E-state index contributed by atoms with van der Waals surface area (Å²) in [6, 6.07) is 0. The standard InChI is InChI=1S/C7H12O2S2.Au/c10-6-5-7(1-4-11-6)8-2-3-9-7;/h6,10H,1-5H2;/q;+1/p-1. The molecule has 12 heavy (non-hydrogen) atoms. The van der Waals surface area contributed by atoms with Crippen LogP contribution in [0.2, 0.25) is 0 Å². The fourth-order valence-electron chi connectivity index (χ4n) is 1.52. The van der Waals surface area contributed by atoms with E-state index >= 15 is 0 Å². The Morgan fingerprint density at radius 3 is 2.58 bits per heavy atom. The molecule has 2 fully saturated rings. The molecule has 0 amide bonds. The van der Waals surface area contributed by atoms with E-state index in [0.29, 0.717) is 0 Å². The summed E-state index contributed by atoms with van der Waals surface area (Å²) in [5.74, 6) is 0.797. The van der Waals surface area contributed by atoms with Gasteiger partial charge in [0.05, 0.1) is 13.2 Å². The molecule has 2 aliphatic rings. The van der Waals surface area contributed by atoms with Crippen LogP contribution in [0.15, 0.2) is 0 Å². The van der Waals surface area contributed by atoms with Crippen molar-refractivity contribution in [2.45, 2.75) is 23.2 Å². The maximum absolute atomic E-state index is 5.55. The zero-order valence-electron chi connectivity index (χ0n) is 6.55. The van der Waals surface area contributed by atoms with Crippen molar-refractivity contribution in [3.05, 3.63) is 0 Å². The van der Waals surface area contributed by atoms with Crippen LogP contribution in [0.4, 0.5) is 0 Å². The molecule has 1 atom stereocenters. The second-order valence-corrected chi connectivity index (χ2v) is 5.04. The largest absolute Gasteiger partial charge is 1.00 e. The Kier molecular flexibility index (Phi) is 4.51. The van der Waals surface area contributed by atoms with Crippen molar-refractivity contribution in [1.82, 2.24) is 0 Å². The molecule has 5 heteroatoms. The minimum absolute atomic E-state index is 0. The van der Waals surface area contributed by atoms with Gasteiger partial charge in [-0.05, 0) is 12.2 Å². The Labute approximate surface area is 98.1 Å². The van der Waals surface area contributed by atoms with E-state index in [0.717, 1.165) is 31.8 Å². The van der Waals surface area contributed by atoms with Crippen molar-refractivity contribution in [3.63, 3.8) is 0 Å². The topological polar surface area (TPSA) is 18.5 Å². The smallest absolute Gasteiger partial charge is 0.778 e. The number of thioether (sulfide) groups is 1. The van der Waals surface area contributed by atoms with E-state index in [1.807, 2.05) is 11.8 Å². The van der Waals surface area contributed by atoms with E-state index in [2.05, 4.69) is 0 Å². The Morgan fingerprint density at radius 1 is 1.33 bits per heavy atom. The third-order valence-corrected chi connectivity index (χ3v) is 3.63. The summed E-state index contributed by atoms with van der Waals surface area (Å²) in [6.07, 6.45) is 1.89. The van der Waals surface area contributed by atoms with Crippen molar-refractivity contribution >= 4 is 24.4 Å². The van der Waals surface area contributed by atoms with E-state index in [4.69, 9.17) is 22.1 Å². The number of hydrogen-bond acceptors (Lipinski definition) is 4. The summed E-state index contributed by atoms with van der Waals surface area (Å²) in [7, 11) is 0. The molecule has 0 bridgehead atoms. The van der Waals surface area contributed by atoms with Crippen LogP contribution in [0.5, 0.6) is 0 Å². The van der Waals surface area contributed by atoms with Gasteiger partial charge in [0.2, 0.25) is 0 Å². The van der Waals surface area contributed by atoms with Gasteiger partial charge in [0.25, 0.3) is 0 Å². The second-order valence-electron chi connectivity index (χ2n) is 2.86. The fourth-order valence-corrected chi connectivity index (χ4v) is 3.13. The van der Waals surface area contributed by atoms with Crippen LogP contribution >= 0.6 is 11.8 Å². The van der Waals surface area contributed by atoms with Crippen molar-refractivity contribution in [2.75, 3.05) is 19.0 Å². The SMILES string of the molecule is [Au+].[S-]C1CC2(CCS1)OCCO2. The van der Waals surface area contributed by atoms with Gasteiger partial charge in [-0.25, -0.2) is 0 Å². The number of rotatable bonds is 0. The number of ether oxygens (including phenoxy) is 2. The first-order valence-corrected chi connectivity index (χ1v) is 5.38. The quantitative estimate of drug-likeness (QED) is 0.457. The molecule has 74 valence electrons. The maximum Gasteiger partial charge on any atom is 1.00 e. The van der Waals surface area contributed by atoms with Gasteiger partial charge in [0.15, 0.2) is 5.79 Å². The molecule has 1 spiro atoms. The molecule has 0 saturated carbocycles. The molecule has 0 N–H and O–H groups in total. The zero-order valence-corrected chi connectivity index (χ0v) is 10.3. The summed E-state index contributed by atoms with van der Waals surface area (Å²) in [4.78, 5) is 0. The Balaban J connectivity index is 0.000000720. The van der Waals surface area contributed by atoms with E-state index in [-0.39, 0.29) is 32.7 Å². The molecule has 1 unspecified atom stereocenters. The molecule has 0 aliphatic carbocycles. The molecule has 2 nitrogen and oxygen atoms in total. The Morgan fingerprint density at radius 2 is 2.00 bits per heavy atom. The van der Waals surface area contributed by atoms with E-state index in [1.165, 1.54) is 0 Å². The first-order chi connectivity index (χ1) is 5.31. The van der Waals surface area contributed by atoms with E-state index in [1.54, 1.807) is 0 Å². The summed E-state index contributed by atoms with van der Waals surface area (Å²) in [6.45, 7) is 1.49. The van der Waals surface area contributed by atoms with Crippen LogP contribution in [0, 0.1) is 0 Å². The predicted molar refractivity (Wildman–Crippen MR) is 47.5 cm³/mol. The van der Waals surface area contributed by atoms with Crippen molar-refractivity contribution in [1.29, 1.82) is 0 Å². The third-order valence-electron chi connectivity index (χ3n) is 2.08. The van der Waals surface area contributed by atoms with Gasteiger partial charge in [-0.3, -0.25) is 0 Å². The minimum atomic E-state index is -0.280. The van der Waals surface area contributed by atoms with Crippen LogP contribution < -0.4 is 0 Å². The maximum atomic E-state index is 5.55. The molecule has 0 aromatic rings. The van der Waals surface area contributed by atoms with E-state index in [9.17, 15) is 0 Å². The molecular formula is C7H11AuO2S2. The zero-order chi connectivity index (χ0) is 7.73. The normalized spacial score (nSPS) is 33.2. The van der Waals surface area contributed by atoms with Gasteiger partial charge < -0.3 is 22.1 Å². The third kappa shape index (κ3) is 2.44. The van der Waals surface area contributed by atoms with Crippen molar-refractivity contribution in [3.8, 4) is 0 Å². The molecular weight excluding hydrogens is 377 g/mol. The molecule has 2 saturated heterocycles. The van der Waals surface area contributed by atoms with Gasteiger partial charge in [-0.15, -0.1) is 4.58 Å². The molecule has 0 aromatic carbocycles. The van der Waals surface area contributed by atoms with Crippen LogP contribution in [0.1, 0.15) is 12.8 Å². The average Bonchev–Trinajstić information content (AvgIpc) is 2.37. The van der Waals surface area contributed by atoms with Crippen LogP contribution in [-0.2, 0) is 44.5 Å². The Bertz CT molecular complexity index is 150. The van der Waals surface area contributed by atoms with Crippen LogP contribution in [-0.4, -0.2) is 29.3 Å². The molecule has 2 heterocycles. The molecule has 2 aliphatic heterocycles. The van der Waals surface area contributed by atoms with Crippen LogP contribution in [0.3, 0.4) is 0 Å². The van der Waals surface area contributed by atoms with Gasteiger partial charge in [0, 0.05) is 6.42 Å². The van der Waals surface area contributed by atoms with Crippen molar-refractivity contribution < 1.29 is 31.9 Å². The Hall–Kier alpha value is 1.36. The molecule has 0 aromatic heterocycles. The predicted octanol–water partition coefficient (Wildman–Crippen LogP) is 1.13. The number of hydrogen-bond donors (Lipinski definition) is 0. The molecule has 2 rings (SSSR count). The van der Waals surface area contributed by atoms with Gasteiger partial charge in [-0.1, -0.05) is 0 Å². The fraction of sp³-hybridized carbons (Fsp3) is 1.00. The average molecular weight is 388 g/mol. The summed E-state index contributed by atoms with van der Waals surface area (Å²) in [5.41, 5.74) is 0. The summed E-state index contributed by atoms with van der Waals surface area (Å²) in [5, 5.41) is 0. The van der Waals surface area contributed by atoms with E-state index < -0.39 is 0 Å². The first kappa shape index (κ1) is 11.4. The van der Waals surface area contributed by atoms with Gasteiger partial charge in [0.1, 0.15) is 0 Å². The van der Waals surface area contributed by atoms with Crippen molar-refractivity contribution in [2.24, 2.45) is 0 Å². The monoisotopic (exact) mass is 388 g/mol. The summed E-state index contributed by atoms with van der Waals surface area (Å²) < 4.78 is 11.4. The molecule has 0 radical (unpaired) electrons. The summed E-state index contributed by atoms with van der Waals surface area (Å²) >= 11 is 7.03. The first-order valence-electron chi connectivity index (χ1n) is 3.86. The van der Waals surface area contributed by atoms with Gasteiger partial charge >= 0.3 is 22.4 Å². The van der Waals surface area contributed by atoms with Gasteiger partial charge in [-0.2, -0.15) is 11.8 Å². The van der Waals surface area contributed by atoms with Crippen LogP contribution in [0.25, 0.3) is 0 Å². The second kappa shape index (κ2) is 4.73.